The quantitative estimate of drug-likeness (QED) is 0.249. The van der Waals surface area contributed by atoms with Crippen LogP contribution in [0.1, 0.15) is 39.5 Å². The maximum Gasteiger partial charge on any atom is 0.303 e. The van der Waals surface area contributed by atoms with Crippen LogP contribution in [0.25, 0.3) is 0 Å². The van der Waals surface area contributed by atoms with E-state index in [1.165, 1.54) is 6.92 Å². The second-order valence-electron chi connectivity index (χ2n) is 6.70. The van der Waals surface area contributed by atoms with Crippen molar-refractivity contribution in [3.8, 4) is 0 Å². The number of hydrogen-bond acceptors (Lipinski definition) is 3. The number of carbonyl (C=O) groups is 1. The zero-order valence-corrected chi connectivity index (χ0v) is 17.1. The molecular formula is C23H29O3P. The van der Waals surface area contributed by atoms with Crippen molar-refractivity contribution in [3.05, 3.63) is 73.3 Å². The summed E-state index contributed by atoms with van der Waals surface area (Å²) in [6.07, 6.45) is 4.78. The lowest BCUT2D eigenvalue weighted by Crippen LogP contribution is -2.36. The van der Waals surface area contributed by atoms with Gasteiger partial charge in [-0.05, 0) is 6.42 Å². The minimum Gasteiger partial charge on any atom is -0.458 e. The van der Waals surface area contributed by atoms with E-state index < -0.39 is 13.2 Å². The third-order valence-corrected chi connectivity index (χ3v) is 8.38. The van der Waals surface area contributed by atoms with Crippen molar-refractivity contribution < 1.29 is 14.1 Å². The standard InChI is InChI=1S/C23H29O3P/c1-4-6-9-18-23(22(5-2)26-19(3)24)27(25,20-14-10-7-11-15-20)21-16-12-8-13-17-21/h5,7-8,10-17,22-23H,2,4,6,9,18H2,1,3H3. The minimum absolute atomic E-state index is 0.338. The van der Waals surface area contributed by atoms with E-state index in [1.807, 2.05) is 60.7 Å². The number of esters is 1. The number of hydrogen-bond donors (Lipinski definition) is 0. The summed E-state index contributed by atoms with van der Waals surface area (Å²) in [5, 5.41) is 1.58. The van der Waals surface area contributed by atoms with E-state index in [0.717, 1.165) is 29.9 Å². The lowest BCUT2D eigenvalue weighted by atomic mass is 10.1. The molecule has 4 heteroatoms. The summed E-state index contributed by atoms with van der Waals surface area (Å²) in [6.45, 7) is 7.39. The zero-order valence-electron chi connectivity index (χ0n) is 16.2. The van der Waals surface area contributed by atoms with Crippen LogP contribution >= 0.6 is 7.14 Å². The second-order valence-corrected chi connectivity index (χ2v) is 9.71. The first-order chi connectivity index (χ1) is 13.0. The van der Waals surface area contributed by atoms with Crippen LogP contribution in [0.2, 0.25) is 0 Å². The van der Waals surface area contributed by atoms with Crippen LogP contribution in [-0.4, -0.2) is 17.7 Å². The molecule has 0 bridgehead atoms. The summed E-state index contributed by atoms with van der Waals surface area (Å²) < 4.78 is 20.2. The van der Waals surface area contributed by atoms with Gasteiger partial charge in [-0.3, -0.25) is 4.79 Å². The normalized spacial score (nSPS) is 13.6. The monoisotopic (exact) mass is 384 g/mol. The van der Waals surface area contributed by atoms with Gasteiger partial charge in [0.05, 0.1) is 5.66 Å². The highest BCUT2D eigenvalue weighted by Gasteiger charge is 2.41. The van der Waals surface area contributed by atoms with E-state index in [-0.39, 0.29) is 11.6 Å². The summed E-state index contributed by atoms with van der Waals surface area (Å²) >= 11 is 0. The van der Waals surface area contributed by atoms with Crippen molar-refractivity contribution in [2.75, 3.05) is 0 Å². The van der Waals surface area contributed by atoms with E-state index in [4.69, 9.17) is 4.74 Å². The van der Waals surface area contributed by atoms with E-state index in [0.29, 0.717) is 6.42 Å². The van der Waals surface area contributed by atoms with Crippen LogP contribution in [0, 0.1) is 0 Å². The Morgan fingerprint density at radius 1 is 1.04 bits per heavy atom. The van der Waals surface area contributed by atoms with Gasteiger partial charge in [-0.15, -0.1) is 0 Å². The van der Waals surface area contributed by atoms with Crippen LogP contribution in [0.15, 0.2) is 73.3 Å². The lowest BCUT2D eigenvalue weighted by molar-refractivity contribution is -0.144. The van der Waals surface area contributed by atoms with Crippen molar-refractivity contribution in [1.82, 2.24) is 0 Å². The van der Waals surface area contributed by atoms with Gasteiger partial charge in [0, 0.05) is 17.5 Å². The van der Waals surface area contributed by atoms with Crippen molar-refractivity contribution in [2.45, 2.75) is 51.3 Å². The molecule has 2 atom stereocenters. The fraction of sp³-hybridized carbons (Fsp3) is 0.348. The Hall–Kier alpha value is -2.12. The van der Waals surface area contributed by atoms with Crippen molar-refractivity contribution >= 4 is 23.7 Å². The third kappa shape index (κ3) is 5.20. The van der Waals surface area contributed by atoms with Gasteiger partial charge in [0.1, 0.15) is 13.2 Å². The zero-order chi connectivity index (χ0) is 19.7. The Morgan fingerprint density at radius 2 is 1.56 bits per heavy atom. The van der Waals surface area contributed by atoms with Crippen LogP contribution in [0.5, 0.6) is 0 Å². The summed E-state index contributed by atoms with van der Waals surface area (Å²) in [5.41, 5.74) is -0.338. The molecular weight excluding hydrogens is 355 g/mol. The molecule has 2 unspecified atom stereocenters. The molecule has 0 aliphatic carbocycles. The first kappa shape index (κ1) is 21.2. The van der Waals surface area contributed by atoms with Crippen molar-refractivity contribution in [1.29, 1.82) is 0 Å². The molecule has 3 nitrogen and oxygen atoms in total. The van der Waals surface area contributed by atoms with Crippen LogP contribution < -0.4 is 10.6 Å². The molecule has 0 aliphatic rings. The predicted octanol–water partition coefficient (Wildman–Crippen LogP) is 5.07. The fourth-order valence-corrected chi connectivity index (χ4v) is 6.90. The van der Waals surface area contributed by atoms with Crippen LogP contribution in [0.3, 0.4) is 0 Å². The van der Waals surface area contributed by atoms with Crippen LogP contribution in [0.4, 0.5) is 0 Å². The highest BCUT2D eigenvalue weighted by atomic mass is 31.2. The summed E-state index contributed by atoms with van der Waals surface area (Å²) in [7, 11) is -3.05. The molecule has 27 heavy (non-hydrogen) atoms. The maximum absolute atomic E-state index is 14.7. The predicted molar refractivity (Wildman–Crippen MR) is 113 cm³/mol. The minimum atomic E-state index is -3.05. The number of ether oxygens (including phenoxy) is 1. The third-order valence-electron chi connectivity index (χ3n) is 4.76. The molecule has 0 saturated carbocycles. The molecule has 2 aromatic carbocycles. The molecule has 0 heterocycles. The van der Waals surface area contributed by atoms with Crippen LogP contribution in [-0.2, 0) is 14.1 Å². The second kappa shape index (κ2) is 10.3. The first-order valence-corrected chi connectivity index (χ1v) is 11.3. The number of rotatable bonds is 10. The average Bonchev–Trinajstić information content (AvgIpc) is 2.70. The number of unbranched alkanes of at least 4 members (excludes halogenated alkanes) is 2. The Morgan fingerprint density at radius 3 is 1.96 bits per heavy atom. The topological polar surface area (TPSA) is 43.4 Å². The highest BCUT2D eigenvalue weighted by molar-refractivity contribution is 7.79. The fourth-order valence-electron chi connectivity index (χ4n) is 3.46. The average molecular weight is 384 g/mol. The van der Waals surface area contributed by atoms with E-state index in [9.17, 15) is 9.36 Å². The Kier molecular flexibility index (Phi) is 8.06. The molecule has 0 amide bonds. The number of carbonyl (C=O) groups excluding carboxylic acids is 1. The van der Waals surface area contributed by atoms with Gasteiger partial charge in [-0.2, -0.15) is 0 Å². The summed E-state index contributed by atoms with van der Waals surface area (Å²) in [5.74, 6) is -0.381. The van der Waals surface area contributed by atoms with Gasteiger partial charge in [0.25, 0.3) is 0 Å². The van der Waals surface area contributed by atoms with Gasteiger partial charge in [0.2, 0.25) is 0 Å². The van der Waals surface area contributed by atoms with Gasteiger partial charge in [-0.25, -0.2) is 0 Å². The van der Waals surface area contributed by atoms with E-state index >= 15 is 0 Å². The van der Waals surface area contributed by atoms with Gasteiger partial charge in [-0.1, -0.05) is 99.5 Å². The van der Waals surface area contributed by atoms with E-state index in [1.54, 1.807) is 6.08 Å². The SMILES string of the molecule is C=CC(OC(C)=O)C(CCCCC)P(=O)(c1ccccc1)c1ccccc1. The molecule has 0 saturated heterocycles. The molecule has 0 radical (unpaired) electrons. The van der Waals surface area contributed by atoms with Crippen molar-refractivity contribution in [2.24, 2.45) is 0 Å². The van der Waals surface area contributed by atoms with E-state index in [2.05, 4.69) is 13.5 Å². The molecule has 144 valence electrons. The van der Waals surface area contributed by atoms with Gasteiger partial charge < -0.3 is 9.30 Å². The molecule has 0 spiro atoms. The lowest BCUT2D eigenvalue weighted by Gasteiger charge is -2.33. The maximum atomic E-state index is 14.7. The molecule has 2 aromatic rings. The largest absolute Gasteiger partial charge is 0.458 e. The molecule has 0 fully saturated rings. The van der Waals surface area contributed by atoms with Gasteiger partial charge >= 0.3 is 5.97 Å². The summed E-state index contributed by atoms with van der Waals surface area (Å²) in [4.78, 5) is 11.7. The number of benzene rings is 2. The first-order valence-electron chi connectivity index (χ1n) is 9.54. The Bertz CT molecular complexity index is 727. The molecule has 0 aliphatic heterocycles. The summed E-state index contributed by atoms with van der Waals surface area (Å²) in [6, 6.07) is 19.1. The highest BCUT2D eigenvalue weighted by Crippen LogP contribution is 2.52. The molecule has 2 rings (SSSR count). The smallest absolute Gasteiger partial charge is 0.303 e. The van der Waals surface area contributed by atoms with Gasteiger partial charge in [0.15, 0.2) is 0 Å². The Labute approximate surface area is 162 Å². The van der Waals surface area contributed by atoms with Crippen molar-refractivity contribution in [3.63, 3.8) is 0 Å². The molecule has 0 N–H and O–H groups in total. The Balaban J connectivity index is 2.60. The molecule has 0 aromatic heterocycles.